The number of aliphatic hydroxyl groups excluding tert-OH is 15. The van der Waals surface area contributed by atoms with Gasteiger partial charge in [0.15, 0.2) is 37.2 Å². The standard InChI is InChI=1S/C57H94O27/c1-21(20-74-50-43(69)40(66)37(63)31(17-58)78-50)9-14-57(73)22(2)34-30(84-57)16-29-27-8-7-25-15-26(10-12-55(25,5)28(27)11-13-56(29,34)6)77-54-49(46(72)47(33(19-60)80-54)81-51-44(70)39(65)35(61)23(3)75-51)83-53-48(42(68)36(62)24(4)76-53)82-52-45(71)41(67)38(64)32(18-59)79-52/h7,21-24,26-54,58-73H,8-20H2,1-6H3/t21-,22+,23+,24+,26+,27-,28+,29+,30+,31-,32-,33-,34+,35+,36+,37-,38-,39-,40+,41+,42-,43-,44-,45-,46+,47-,48-,49-,50-,51+,52+,53+,54-,55+,56+,57-/m1/s1. The van der Waals surface area contributed by atoms with Crippen molar-refractivity contribution in [1.29, 1.82) is 0 Å². The first-order valence-corrected chi connectivity index (χ1v) is 30.3. The van der Waals surface area contributed by atoms with E-state index in [1.54, 1.807) is 0 Å². The summed E-state index contributed by atoms with van der Waals surface area (Å²) in [5.41, 5.74) is 0.876. The topological polar surface area (TPSA) is 425 Å². The summed E-state index contributed by atoms with van der Waals surface area (Å²) in [4.78, 5) is 0. The lowest BCUT2D eigenvalue weighted by atomic mass is 9.47. The molecule has 10 rings (SSSR count). The summed E-state index contributed by atoms with van der Waals surface area (Å²) in [7, 11) is 0. The SMILES string of the molecule is C[C@H](CC[C@@]1(O)O[C@H]2C[C@H]3[C@@H]4CC=C5C[C@@H](O[C@@H]6O[C@H](CO)[C@@H](O[C@@H]7O[C@@H](C)[C@H](O)[C@@H](O)[C@H]7O)[C@H](O)[C@H]6O[C@@H]6O[C@@H](C)[C@H](O)[C@@H](O)[C@H]6O[C@@H]6O[C@H](CO)[C@@H](O)[C@H](O)[C@H]6O)CC[C@]5(C)[C@H]4CC[C@]3(C)[C@H]2[C@@H]1C)CO[C@@H]1O[C@H](CO)[C@@H](O)[C@H](O)[C@H]1O. The molecule has 0 amide bonds. The average Bonchev–Trinajstić information content (AvgIpc) is 1.54. The maximum atomic E-state index is 12.4. The first-order chi connectivity index (χ1) is 39.7. The Morgan fingerprint density at radius 1 is 0.560 bits per heavy atom. The molecular formula is C57H94O27. The zero-order valence-corrected chi connectivity index (χ0v) is 48.5. The van der Waals surface area contributed by atoms with Crippen LogP contribution in [0.5, 0.6) is 0 Å². The molecule has 84 heavy (non-hydrogen) atoms. The summed E-state index contributed by atoms with van der Waals surface area (Å²) < 4.78 is 67.1. The van der Waals surface area contributed by atoms with Crippen LogP contribution in [-0.2, 0) is 52.1 Å². The Kier molecular flexibility index (Phi) is 20.1. The zero-order chi connectivity index (χ0) is 60.8. The van der Waals surface area contributed by atoms with Crippen molar-refractivity contribution in [3.63, 3.8) is 0 Å². The summed E-state index contributed by atoms with van der Waals surface area (Å²) in [6.45, 7) is 9.57. The molecule has 16 N–H and O–H groups in total. The highest BCUT2D eigenvalue weighted by atomic mass is 16.8. The van der Waals surface area contributed by atoms with Gasteiger partial charge in [-0.25, -0.2) is 0 Å². The summed E-state index contributed by atoms with van der Waals surface area (Å²) in [5, 5.41) is 172. The van der Waals surface area contributed by atoms with Crippen LogP contribution < -0.4 is 0 Å². The van der Waals surface area contributed by atoms with Gasteiger partial charge in [-0.1, -0.05) is 39.3 Å². The Balaban J connectivity index is 0.827. The molecule has 0 aromatic rings. The van der Waals surface area contributed by atoms with Crippen molar-refractivity contribution in [2.24, 2.45) is 46.3 Å². The first kappa shape index (κ1) is 65.6. The van der Waals surface area contributed by atoms with Crippen LogP contribution in [0.2, 0.25) is 0 Å². The van der Waals surface area contributed by atoms with Gasteiger partial charge in [-0.2, -0.15) is 0 Å². The zero-order valence-electron chi connectivity index (χ0n) is 48.5. The Bertz CT molecular complexity index is 2220. The van der Waals surface area contributed by atoms with Gasteiger partial charge in [0.25, 0.3) is 0 Å². The van der Waals surface area contributed by atoms with E-state index in [9.17, 15) is 81.7 Å². The molecule has 27 nitrogen and oxygen atoms in total. The molecule has 0 bridgehead atoms. The minimum atomic E-state index is -1.94. The van der Waals surface area contributed by atoms with Crippen molar-refractivity contribution < 1.29 is 134 Å². The van der Waals surface area contributed by atoms with E-state index in [1.807, 2.05) is 6.92 Å². The minimum Gasteiger partial charge on any atom is -0.394 e. The molecule has 0 unspecified atom stereocenters. The molecule has 6 aliphatic heterocycles. The van der Waals surface area contributed by atoms with Crippen molar-refractivity contribution in [3.05, 3.63) is 11.6 Å². The molecule has 36 atom stereocenters. The second-order valence-corrected chi connectivity index (χ2v) is 26.6. The van der Waals surface area contributed by atoms with Crippen LogP contribution in [0.15, 0.2) is 11.6 Å². The monoisotopic (exact) mass is 1210 g/mol. The van der Waals surface area contributed by atoms with Crippen LogP contribution in [0, 0.1) is 46.3 Å². The average molecular weight is 1210 g/mol. The molecule has 9 fully saturated rings. The molecule has 0 spiro atoms. The fraction of sp³-hybridized carbons (Fsp3) is 0.965. The molecule has 3 saturated carbocycles. The lowest BCUT2D eigenvalue weighted by Crippen LogP contribution is -2.67. The molecule has 6 heterocycles. The third-order valence-electron chi connectivity index (χ3n) is 21.6. The molecule has 27 heteroatoms. The summed E-state index contributed by atoms with van der Waals surface area (Å²) in [6, 6.07) is 0. The quantitative estimate of drug-likeness (QED) is 0.0615. The predicted molar refractivity (Wildman–Crippen MR) is 281 cm³/mol. The van der Waals surface area contributed by atoms with Crippen molar-refractivity contribution in [2.75, 3.05) is 26.4 Å². The molecule has 6 saturated heterocycles. The molecular weight excluding hydrogens is 1120 g/mol. The van der Waals surface area contributed by atoms with E-state index in [2.05, 4.69) is 26.8 Å². The van der Waals surface area contributed by atoms with Crippen molar-refractivity contribution in [2.45, 2.75) is 271 Å². The van der Waals surface area contributed by atoms with Crippen LogP contribution in [-0.4, -0.2) is 280 Å². The predicted octanol–water partition coefficient (Wildman–Crippen LogP) is -4.16. The summed E-state index contributed by atoms with van der Waals surface area (Å²) in [5.74, 6) is -0.557. The number of rotatable bonds is 17. The third kappa shape index (κ3) is 11.9. The summed E-state index contributed by atoms with van der Waals surface area (Å²) >= 11 is 0. The number of hydrogen-bond acceptors (Lipinski definition) is 27. The second kappa shape index (κ2) is 25.7. The molecule has 0 radical (unpaired) electrons. The number of allylic oxidation sites excluding steroid dienone is 1. The maximum absolute atomic E-state index is 12.4. The smallest absolute Gasteiger partial charge is 0.187 e. The van der Waals surface area contributed by atoms with Gasteiger partial charge in [-0.05, 0) is 106 Å². The van der Waals surface area contributed by atoms with Gasteiger partial charge in [0.2, 0.25) is 0 Å². The van der Waals surface area contributed by atoms with Gasteiger partial charge in [0, 0.05) is 12.3 Å². The minimum absolute atomic E-state index is 0.105. The van der Waals surface area contributed by atoms with E-state index in [0.29, 0.717) is 49.9 Å². The fourth-order valence-electron chi connectivity index (χ4n) is 16.4. The van der Waals surface area contributed by atoms with Crippen LogP contribution in [0.1, 0.15) is 99.3 Å². The first-order valence-electron chi connectivity index (χ1n) is 30.3. The normalized spacial score (nSPS) is 55.3. The van der Waals surface area contributed by atoms with Gasteiger partial charge >= 0.3 is 0 Å². The molecule has 0 aromatic carbocycles. The maximum Gasteiger partial charge on any atom is 0.187 e. The van der Waals surface area contributed by atoms with E-state index in [-0.39, 0.29) is 41.3 Å². The third-order valence-corrected chi connectivity index (χ3v) is 21.6. The molecule has 4 aliphatic carbocycles. The van der Waals surface area contributed by atoms with Gasteiger partial charge in [-0.15, -0.1) is 0 Å². The van der Waals surface area contributed by atoms with Crippen molar-refractivity contribution >= 4 is 0 Å². The van der Waals surface area contributed by atoms with Crippen LogP contribution in [0.25, 0.3) is 0 Å². The summed E-state index contributed by atoms with van der Waals surface area (Å²) in [6.07, 6.45) is -31.9. The van der Waals surface area contributed by atoms with Gasteiger partial charge in [-0.3, -0.25) is 0 Å². The Morgan fingerprint density at radius 2 is 1.08 bits per heavy atom. The molecule has 10 aliphatic rings. The van der Waals surface area contributed by atoms with Crippen LogP contribution in [0.3, 0.4) is 0 Å². The Hall–Kier alpha value is -1.34. The fourth-order valence-corrected chi connectivity index (χ4v) is 16.4. The second-order valence-electron chi connectivity index (χ2n) is 26.6. The van der Waals surface area contributed by atoms with E-state index >= 15 is 0 Å². The number of fused-ring (bicyclic) bond motifs is 7. The number of aliphatic hydroxyl groups is 16. The van der Waals surface area contributed by atoms with E-state index in [1.165, 1.54) is 19.4 Å². The van der Waals surface area contributed by atoms with E-state index in [0.717, 1.165) is 25.7 Å². The van der Waals surface area contributed by atoms with E-state index < -0.39 is 185 Å². The van der Waals surface area contributed by atoms with Crippen molar-refractivity contribution in [1.82, 2.24) is 0 Å². The Labute approximate surface area is 487 Å². The number of hydrogen-bond donors (Lipinski definition) is 16. The largest absolute Gasteiger partial charge is 0.394 e. The van der Waals surface area contributed by atoms with Crippen LogP contribution in [0.4, 0.5) is 0 Å². The lowest BCUT2D eigenvalue weighted by Gasteiger charge is -2.58. The highest BCUT2D eigenvalue weighted by molar-refractivity contribution is 5.26. The van der Waals surface area contributed by atoms with E-state index in [4.69, 9.17) is 52.1 Å². The molecule has 484 valence electrons. The van der Waals surface area contributed by atoms with Crippen LogP contribution >= 0.6 is 0 Å². The van der Waals surface area contributed by atoms with Gasteiger partial charge in [0.05, 0.1) is 50.8 Å². The van der Waals surface area contributed by atoms with Gasteiger partial charge in [0.1, 0.15) is 110 Å². The van der Waals surface area contributed by atoms with Gasteiger partial charge < -0.3 is 134 Å². The molecule has 0 aromatic heterocycles. The Morgan fingerprint density at radius 3 is 1.73 bits per heavy atom. The highest BCUT2D eigenvalue weighted by Crippen LogP contribution is 2.70. The highest BCUT2D eigenvalue weighted by Gasteiger charge is 2.68. The number of ether oxygens (including phenoxy) is 11. The lowest BCUT2D eigenvalue weighted by molar-refractivity contribution is -0.402. The van der Waals surface area contributed by atoms with Crippen molar-refractivity contribution in [3.8, 4) is 0 Å².